The van der Waals surface area contributed by atoms with E-state index in [1.165, 1.54) is 5.56 Å². The Bertz CT molecular complexity index is 512. The topological polar surface area (TPSA) is 43.4 Å². The van der Waals surface area contributed by atoms with E-state index in [-0.39, 0.29) is 0 Å². The number of benzene rings is 1. The zero-order chi connectivity index (χ0) is 13.5. The van der Waals surface area contributed by atoms with E-state index >= 15 is 0 Å². The second kappa shape index (κ2) is 6.75. The summed E-state index contributed by atoms with van der Waals surface area (Å²) in [7, 11) is 3.53. The Morgan fingerprint density at radius 2 is 1.89 bits per heavy atom. The van der Waals surface area contributed by atoms with E-state index in [2.05, 4.69) is 10.3 Å². The summed E-state index contributed by atoms with van der Waals surface area (Å²) in [5.74, 6) is 1.44. The third kappa shape index (κ3) is 3.96. The molecule has 1 aromatic heterocycles. The Kier molecular flexibility index (Phi) is 4.75. The van der Waals surface area contributed by atoms with Gasteiger partial charge in [-0.2, -0.15) is 0 Å². The van der Waals surface area contributed by atoms with Gasteiger partial charge >= 0.3 is 0 Å². The van der Waals surface area contributed by atoms with Crippen LogP contribution in [0.3, 0.4) is 0 Å². The minimum Gasteiger partial charge on any atom is -0.487 e. The van der Waals surface area contributed by atoms with E-state index in [0.717, 1.165) is 18.0 Å². The van der Waals surface area contributed by atoms with Crippen LogP contribution in [0.4, 0.5) is 0 Å². The molecule has 0 bridgehead atoms. The van der Waals surface area contributed by atoms with E-state index < -0.39 is 0 Å². The number of nitrogens with zero attached hydrogens (tertiary/aromatic N) is 1. The monoisotopic (exact) mass is 258 g/mol. The fraction of sp³-hybridized carbons (Fsp3) is 0.267. The van der Waals surface area contributed by atoms with Crippen molar-refractivity contribution in [2.24, 2.45) is 0 Å². The van der Waals surface area contributed by atoms with Gasteiger partial charge in [0.2, 0.25) is 5.88 Å². The van der Waals surface area contributed by atoms with E-state index in [0.29, 0.717) is 12.5 Å². The molecule has 0 fully saturated rings. The highest BCUT2D eigenvalue weighted by molar-refractivity contribution is 5.27. The van der Waals surface area contributed by atoms with Crippen molar-refractivity contribution in [3.05, 3.63) is 53.7 Å². The number of methoxy groups -OCH3 is 1. The van der Waals surface area contributed by atoms with E-state index in [1.807, 2.05) is 49.5 Å². The van der Waals surface area contributed by atoms with Crippen LogP contribution in [-0.4, -0.2) is 19.1 Å². The molecule has 0 radical (unpaired) electrons. The Labute approximate surface area is 113 Å². The quantitative estimate of drug-likeness (QED) is 0.864. The summed E-state index contributed by atoms with van der Waals surface area (Å²) in [5.41, 5.74) is 2.08. The fourth-order valence-electron chi connectivity index (χ4n) is 1.72. The Morgan fingerprint density at radius 3 is 2.58 bits per heavy atom. The van der Waals surface area contributed by atoms with Crippen LogP contribution in [0.15, 0.2) is 42.5 Å². The summed E-state index contributed by atoms with van der Waals surface area (Å²) in [4.78, 5) is 4.30. The fourth-order valence-corrected chi connectivity index (χ4v) is 1.72. The molecule has 0 saturated heterocycles. The molecule has 0 aliphatic heterocycles. The average Bonchev–Trinajstić information content (AvgIpc) is 2.47. The van der Waals surface area contributed by atoms with E-state index in [4.69, 9.17) is 9.47 Å². The summed E-state index contributed by atoms with van der Waals surface area (Å²) in [6, 6.07) is 13.7. The molecule has 0 saturated carbocycles. The van der Waals surface area contributed by atoms with Gasteiger partial charge in [0.15, 0.2) is 0 Å². The van der Waals surface area contributed by atoms with Gasteiger partial charge in [-0.05, 0) is 30.8 Å². The summed E-state index contributed by atoms with van der Waals surface area (Å²) in [5, 5.41) is 3.11. The molecule has 0 aliphatic carbocycles. The van der Waals surface area contributed by atoms with Crippen molar-refractivity contribution in [1.29, 1.82) is 0 Å². The first-order valence-electron chi connectivity index (χ1n) is 6.18. The first-order valence-corrected chi connectivity index (χ1v) is 6.18. The molecule has 2 rings (SSSR count). The molecule has 100 valence electrons. The van der Waals surface area contributed by atoms with Crippen LogP contribution in [0, 0.1) is 0 Å². The lowest BCUT2D eigenvalue weighted by atomic mass is 10.2. The maximum Gasteiger partial charge on any atom is 0.213 e. The number of nitrogens with one attached hydrogen (secondary N) is 1. The molecular formula is C15H18N2O2. The summed E-state index contributed by atoms with van der Waals surface area (Å²) in [6.07, 6.45) is 0. The summed E-state index contributed by atoms with van der Waals surface area (Å²) < 4.78 is 10.8. The maximum atomic E-state index is 5.69. The van der Waals surface area contributed by atoms with Crippen LogP contribution in [0.1, 0.15) is 11.3 Å². The van der Waals surface area contributed by atoms with Gasteiger partial charge in [0.25, 0.3) is 0 Å². The van der Waals surface area contributed by atoms with Gasteiger partial charge in [0.05, 0.1) is 12.8 Å². The second-order valence-corrected chi connectivity index (χ2v) is 4.13. The van der Waals surface area contributed by atoms with Gasteiger partial charge in [-0.3, -0.25) is 0 Å². The lowest BCUT2D eigenvalue weighted by molar-refractivity contribution is 0.298. The van der Waals surface area contributed by atoms with Gasteiger partial charge < -0.3 is 14.8 Å². The van der Waals surface area contributed by atoms with Crippen LogP contribution >= 0.6 is 0 Å². The first kappa shape index (κ1) is 13.4. The first-order chi connectivity index (χ1) is 9.31. The molecule has 0 atom stereocenters. The van der Waals surface area contributed by atoms with Crippen molar-refractivity contribution < 1.29 is 9.47 Å². The third-order valence-electron chi connectivity index (χ3n) is 2.68. The molecule has 1 aromatic carbocycles. The number of pyridine rings is 1. The van der Waals surface area contributed by atoms with Crippen molar-refractivity contribution >= 4 is 0 Å². The van der Waals surface area contributed by atoms with E-state index in [1.54, 1.807) is 7.11 Å². The maximum absolute atomic E-state index is 5.69. The van der Waals surface area contributed by atoms with Crippen molar-refractivity contribution in [3.63, 3.8) is 0 Å². The highest BCUT2D eigenvalue weighted by Crippen LogP contribution is 2.14. The van der Waals surface area contributed by atoms with Gasteiger partial charge in [-0.1, -0.05) is 18.2 Å². The number of hydrogen-bond acceptors (Lipinski definition) is 4. The molecule has 0 spiro atoms. The van der Waals surface area contributed by atoms with Crippen LogP contribution in [0.2, 0.25) is 0 Å². The van der Waals surface area contributed by atoms with Gasteiger partial charge in [0, 0.05) is 12.6 Å². The standard InChI is InChI=1S/C15H18N2O2/c1-16-10-12-6-8-14(9-7-12)19-11-13-4-3-5-15(17-13)18-2/h3-9,16H,10-11H2,1-2H3. The van der Waals surface area contributed by atoms with Crippen LogP contribution < -0.4 is 14.8 Å². The smallest absolute Gasteiger partial charge is 0.213 e. The van der Waals surface area contributed by atoms with Gasteiger partial charge in [-0.15, -0.1) is 0 Å². The molecular weight excluding hydrogens is 240 g/mol. The second-order valence-electron chi connectivity index (χ2n) is 4.13. The van der Waals surface area contributed by atoms with Gasteiger partial charge in [-0.25, -0.2) is 4.98 Å². The van der Waals surface area contributed by atoms with Crippen molar-refractivity contribution in [1.82, 2.24) is 10.3 Å². The predicted octanol–water partition coefficient (Wildman–Crippen LogP) is 2.39. The highest BCUT2D eigenvalue weighted by atomic mass is 16.5. The predicted molar refractivity (Wildman–Crippen MR) is 74.3 cm³/mol. The number of aromatic nitrogens is 1. The number of ether oxygens (including phenoxy) is 2. The third-order valence-corrected chi connectivity index (χ3v) is 2.68. The normalized spacial score (nSPS) is 10.2. The molecule has 1 heterocycles. The number of rotatable bonds is 6. The van der Waals surface area contributed by atoms with Crippen molar-refractivity contribution in [2.75, 3.05) is 14.2 Å². The van der Waals surface area contributed by atoms with Crippen LogP contribution in [0.5, 0.6) is 11.6 Å². The lowest BCUT2D eigenvalue weighted by Crippen LogP contribution is -2.04. The molecule has 0 aliphatic rings. The average molecular weight is 258 g/mol. The van der Waals surface area contributed by atoms with Gasteiger partial charge in [0.1, 0.15) is 12.4 Å². The zero-order valence-electron chi connectivity index (χ0n) is 11.2. The van der Waals surface area contributed by atoms with Crippen LogP contribution in [0.25, 0.3) is 0 Å². The highest BCUT2D eigenvalue weighted by Gasteiger charge is 2.00. The Hall–Kier alpha value is -2.07. The number of hydrogen-bond donors (Lipinski definition) is 1. The van der Waals surface area contributed by atoms with Crippen molar-refractivity contribution in [2.45, 2.75) is 13.2 Å². The lowest BCUT2D eigenvalue weighted by Gasteiger charge is -2.07. The molecule has 0 amide bonds. The Balaban J connectivity index is 1.94. The van der Waals surface area contributed by atoms with Crippen LogP contribution in [-0.2, 0) is 13.2 Å². The Morgan fingerprint density at radius 1 is 1.11 bits per heavy atom. The molecule has 0 unspecified atom stereocenters. The van der Waals surface area contributed by atoms with E-state index in [9.17, 15) is 0 Å². The molecule has 4 nitrogen and oxygen atoms in total. The SMILES string of the molecule is CNCc1ccc(OCc2cccc(OC)n2)cc1. The summed E-state index contributed by atoms with van der Waals surface area (Å²) >= 11 is 0. The summed E-state index contributed by atoms with van der Waals surface area (Å²) in [6.45, 7) is 1.29. The zero-order valence-corrected chi connectivity index (χ0v) is 11.2. The largest absolute Gasteiger partial charge is 0.487 e. The molecule has 1 N–H and O–H groups in total. The minimum atomic E-state index is 0.433. The minimum absolute atomic E-state index is 0.433. The molecule has 2 aromatic rings. The molecule has 4 heteroatoms. The van der Waals surface area contributed by atoms with Crippen molar-refractivity contribution in [3.8, 4) is 11.6 Å². The molecule has 19 heavy (non-hydrogen) atoms.